The monoisotopic (exact) mass is 406 g/mol. The lowest BCUT2D eigenvalue weighted by atomic mass is 10.1. The van der Waals surface area contributed by atoms with Gasteiger partial charge in [-0.15, -0.1) is 11.3 Å². The summed E-state index contributed by atoms with van der Waals surface area (Å²) in [6, 6.07) is 15.0. The molecule has 0 radical (unpaired) electrons. The zero-order valence-electron chi connectivity index (χ0n) is 16.4. The zero-order chi connectivity index (χ0) is 20.2. The molecule has 1 aliphatic rings. The first kappa shape index (κ1) is 19.2. The third-order valence-corrected chi connectivity index (χ3v) is 6.12. The van der Waals surface area contributed by atoms with Crippen molar-refractivity contribution in [2.45, 2.75) is 19.3 Å². The van der Waals surface area contributed by atoms with E-state index in [9.17, 15) is 4.79 Å². The Morgan fingerprint density at radius 3 is 2.31 bits per heavy atom. The summed E-state index contributed by atoms with van der Waals surface area (Å²) < 4.78 is 10.4. The molecule has 3 aromatic rings. The van der Waals surface area contributed by atoms with Gasteiger partial charge in [-0.3, -0.25) is 4.79 Å². The van der Waals surface area contributed by atoms with Gasteiger partial charge in [0.05, 0.1) is 19.8 Å². The Balaban J connectivity index is 1.59. The first-order chi connectivity index (χ1) is 14.2. The van der Waals surface area contributed by atoms with Gasteiger partial charge < -0.3 is 14.8 Å². The van der Waals surface area contributed by atoms with Crippen LogP contribution in [0.25, 0.3) is 0 Å². The second-order valence-electron chi connectivity index (χ2n) is 6.75. The molecular weight excluding hydrogens is 384 g/mol. The van der Waals surface area contributed by atoms with E-state index in [0.29, 0.717) is 5.56 Å². The second-order valence-corrected chi connectivity index (χ2v) is 7.84. The SMILES string of the molecule is COc1ccc(C=Nc2sc3c(c2C(=O)Nc2ccc(OC)cc2)CCC3)cc1. The minimum absolute atomic E-state index is 0.114. The molecule has 29 heavy (non-hydrogen) atoms. The van der Waals surface area contributed by atoms with E-state index in [1.165, 1.54) is 4.88 Å². The van der Waals surface area contributed by atoms with Crippen molar-refractivity contribution in [1.29, 1.82) is 0 Å². The molecule has 1 aliphatic carbocycles. The van der Waals surface area contributed by atoms with Gasteiger partial charge in [-0.25, -0.2) is 4.99 Å². The lowest BCUT2D eigenvalue weighted by Crippen LogP contribution is -2.13. The van der Waals surface area contributed by atoms with Crippen LogP contribution in [0.5, 0.6) is 11.5 Å². The number of fused-ring (bicyclic) bond motifs is 1. The van der Waals surface area contributed by atoms with Crippen LogP contribution in [0.15, 0.2) is 53.5 Å². The van der Waals surface area contributed by atoms with Gasteiger partial charge in [0.15, 0.2) is 0 Å². The third kappa shape index (κ3) is 4.17. The van der Waals surface area contributed by atoms with E-state index in [1.54, 1.807) is 31.8 Å². The van der Waals surface area contributed by atoms with Crippen LogP contribution in [0.4, 0.5) is 10.7 Å². The van der Waals surface area contributed by atoms with E-state index in [1.807, 2.05) is 48.5 Å². The molecule has 2 aromatic carbocycles. The fourth-order valence-corrected chi connectivity index (χ4v) is 4.64. The molecular formula is C23H22N2O3S. The molecule has 5 nitrogen and oxygen atoms in total. The van der Waals surface area contributed by atoms with Crippen molar-refractivity contribution in [3.8, 4) is 11.5 Å². The highest BCUT2D eigenvalue weighted by Gasteiger charge is 2.26. The summed E-state index contributed by atoms with van der Waals surface area (Å²) in [7, 11) is 3.26. The predicted molar refractivity (Wildman–Crippen MR) is 118 cm³/mol. The molecule has 0 fully saturated rings. The number of ether oxygens (including phenoxy) is 2. The number of hydrogen-bond acceptors (Lipinski definition) is 5. The fraction of sp³-hybridized carbons (Fsp3) is 0.217. The normalized spacial score (nSPS) is 12.8. The average molecular weight is 407 g/mol. The van der Waals surface area contributed by atoms with Gasteiger partial charge in [0.1, 0.15) is 16.5 Å². The second kappa shape index (κ2) is 8.49. The maximum absolute atomic E-state index is 13.1. The fourth-order valence-electron chi connectivity index (χ4n) is 3.41. The third-order valence-electron chi connectivity index (χ3n) is 4.92. The van der Waals surface area contributed by atoms with E-state index >= 15 is 0 Å². The number of carbonyl (C=O) groups is 1. The smallest absolute Gasteiger partial charge is 0.259 e. The first-order valence-corrected chi connectivity index (χ1v) is 10.3. The van der Waals surface area contributed by atoms with Gasteiger partial charge >= 0.3 is 0 Å². The summed E-state index contributed by atoms with van der Waals surface area (Å²) in [6.45, 7) is 0. The Morgan fingerprint density at radius 1 is 1.00 bits per heavy atom. The van der Waals surface area contributed by atoms with Crippen LogP contribution in [0.2, 0.25) is 0 Å². The van der Waals surface area contributed by atoms with Crippen molar-refractivity contribution in [1.82, 2.24) is 0 Å². The predicted octanol–water partition coefficient (Wildman–Crippen LogP) is 5.26. The number of carbonyl (C=O) groups excluding carboxylic acids is 1. The van der Waals surface area contributed by atoms with Crippen molar-refractivity contribution < 1.29 is 14.3 Å². The highest BCUT2D eigenvalue weighted by molar-refractivity contribution is 7.16. The number of anilines is 1. The highest BCUT2D eigenvalue weighted by Crippen LogP contribution is 2.41. The number of methoxy groups -OCH3 is 2. The summed E-state index contributed by atoms with van der Waals surface area (Å²) >= 11 is 1.62. The number of aliphatic imine (C=N–C) groups is 1. The van der Waals surface area contributed by atoms with Gasteiger partial charge in [-0.1, -0.05) is 0 Å². The molecule has 0 bridgehead atoms. The van der Waals surface area contributed by atoms with Crippen LogP contribution in [-0.2, 0) is 12.8 Å². The van der Waals surface area contributed by atoms with E-state index in [-0.39, 0.29) is 5.91 Å². The van der Waals surface area contributed by atoms with E-state index in [4.69, 9.17) is 9.47 Å². The molecule has 0 aliphatic heterocycles. The molecule has 148 valence electrons. The van der Waals surface area contributed by atoms with Gasteiger partial charge in [0.2, 0.25) is 0 Å². The Bertz CT molecular complexity index is 1040. The number of rotatable bonds is 6. The van der Waals surface area contributed by atoms with E-state index < -0.39 is 0 Å². The summed E-state index contributed by atoms with van der Waals surface area (Å²) in [5, 5.41) is 3.76. The van der Waals surface area contributed by atoms with E-state index in [0.717, 1.165) is 52.6 Å². The maximum Gasteiger partial charge on any atom is 0.259 e. The number of benzene rings is 2. The molecule has 1 N–H and O–H groups in total. The van der Waals surface area contributed by atoms with Gasteiger partial charge in [0.25, 0.3) is 5.91 Å². The number of hydrogen-bond donors (Lipinski definition) is 1. The van der Waals surface area contributed by atoms with Gasteiger partial charge in [-0.2, -0.15) is 0 Å². The van der Waals surface area contributed by atoms with Crippen LogP contribution in [-0.4, -0.2) is 26.3 Å². The molecule has 0 saturated carbocycles. The Morgan fingerprint density at radius 2 is 1.66 bits per heavy atom. The number of amides is 1. The Hall–Kier alpha value is -3.12. The lowest BCUT2D eigenvalue weighted by Gasteiger charge is -2.08. The Labute approximate surface area is 174 Å². The number of aryl methyl sites for hydroxylation is 1. The van der Waals surface area contributed by atoms with Crippen molar-refractivity contribution in [2.75, 3.05) is 19.5 Å². The molecule has 0 atom stereocenters. The van der Waals surface area contributed by atoms with Crippen LogP contribution in [0.3, 0.4) is 0 Å². The Kier molecular flexibility index (Phi) is 5.62. The van der Waals surface area contributed by atoms with Gasteiger partial charge in [0, 0.05) is 16.8 Å². The number of nitrogens with one attached hydrogen (secondary N) is 1. The minimum atomic E-state index is -0.114. The van der Waals surface area contributed by atoms with Crippen molar-refractivity contribution >= 4 is 34.1 Å². The molecule has 1 heterocycles. The average Bonchev–Trinajstić information content (AvgIpc) is 3.34. The number of thiophene rings is 1. The van der Waals surface area contributed by atoms with Crippen molar-refractivity contribution in [2.24, 2.45) is 4.99 Å². The maximum atomic E-state index is 13.1. The summed E-state index contributed by atoms with van der Waals surface area (Å²) in [4.78, 5) is 19.0. The molecule has 0 spiro atoms. The van der Waals surface area contributed by atoms with Gasteiger partial charge in [-0.05, 0) is 78.9 Å². The molecule has 6 heteroatoms. The lowest BCUT2D eigenvalue weighted by molar-refractivity contribution is 0.102. The minimum Gasteiger partial charge on any atom is -0.497 e. The van der Waals surface area contributed by atoms with Crippen LogP contribution in [0.1, 0.15) is 32.8 Å². The first-order valence-electron chi connectivity index (χ1n) is 9.46. The standard InChI is InChI=1S/C23H22N2O3S/c1-27-17-10-6-15(7-11-17)14-24-23-21(19-4-3-5-20(19)29-23)22(26)25-16-8-12-18(28-2)13-9-16/h6-14H,3-5H2,1-2H3,(H,25,26). The quantitative estimate of drug-likeness (QED) is 0.568. The highest BCUT2D eigenvalue weighted by atomic mass is 32.1. The molecule has 1 amide bonds. The molecule has 0 saturated heterocycles. The largest absolute Gasteiger partial charge is 0.497 e. The summed E-state index contributed by atoms with van der Waals surface area (Å²) in [5.74, 6) is 1.44. The molecule has 1 aromatic heterocycles. The summed E-state index contributed by atoms with van der Waals surface area (Å²) in [5.41, 5.74) is 3.53. The molecule has 4 rings (SSSR count). The van der Waals surface area contributed by atoms with Crippen molar-refractivity contribution in [3.05, 3.63) is 70.1 Å². The van der Waals surface area contributed by atoms with Crippen LogP contribution < -0.4 is 14.8 Å². The van der Waals surface area contributed by atoms with Crippen LogP contribution in [0, 0.1) is 0 Å². The number of nitrogens with zero attached hydrogens (tertiary/aromatic N) is 1. The van der Waals surface area contributed by atoms with Crippen LogP contribution >= 0.6 is 11.3 Å². The van der Waals surface area contributed by atoms with Crippen molar-refractivity contribution in [3.63, 3.8) is 0 Å². The zero-order valence-corrected chi connectivity index (χ0v) is 17.2. The molecule has 0 unspecified atom stereocenters. The topological polar surface area (TPSA) is 59.9 Å². The summed E-state index contributed by atoms with van der Waals surface area (Å²) in [6.07, 6.45) is 4.83. The van der Waals surface area contributed by atoms with E-state index in [2.05, 4.69) is 10.3 Å².